The predicted molar refractivity (Wildman–Crippen MR) is 100 cm³/mol. The highest BCUT2D eigenvalue weighted by atomic mass is 19.4. The molecule has 1 amide bonds. The number of ether oxygens (including phenoxy) is 1. The molecule has 1 aliphatic rings. The SMILES string of the molecule is CN(c1ncccc1C(F)(F)F)C1CCN(C(=O)COc2ccc(CO)cc2)C1. The molecule has 1 aromatic heterocycles. The van der Waals surface area contributed by atoms with Gasteiger partial charge >= 0.3 is 6.18 Å². The smallest absolute Gasteiger partial charge is 0.419 e. The summed E-state index contributed by atoms with van der Waals surface area (Å²) < 4.78 is 45.2. The Morgan fingerprint density at radius 1 is 1.31 bits per heavy atom. The molecule has 1 N–H and O–H groups in total. The Bertz CT molecular complexity index is 843. The van der Waals surface area contributed by atoms with Crippen molar-refractivity contribution in [3.8, 4) is 5.75 Å². The van der Waals surface area contributed by atoms with Gasteiger partial charge in [0.25, 0.3) is 5.91 Å². The molecular formula is C20H22F3N3O3. The first-order chi connectivity index (χ1) is 13.8. The first-order valence-corrected chi connectivity index (χ1v) is 9.15. The van der Waals surface area contributed by atoms with Crippen LogP contribution in [0.5, 0.6) is 5.75 Å². The van der Waals surface area contributed by atoms with Gasteiger partial charge in [-0.1, -0.05) is 12.1 Å². The Hall–Kier alpha value is -2.81. The van der Waals surface area contributed by atoms with E-state index in [4.69, 9.17) is 9.84 Å². The highest BCUT2D eigenvalue weighted by molar-refractivity contribution is 5.78. The van der Waals surface area contributed by atoms with Gasteiger partial charge in [-0.2, -0.15) is 13.2 Å². The topological polar surface area (TPSA) is 65.9 Å². The fourth-order valence-electron chi connectivity index (χ4n) is 3.28. The number of nitrogens with zero attached hydrogens (tertiary/aromatic N) is 3. The second-order valence-electron chi connectivity index (χ2n) is 6.86. The maximum absolute atomic E-state index is 13.2. The number of benzene rings is 1. The van der Waals surface area contributed by atoms with Crippen molar-refractivity contribution in [1.29, 1.82) is 0 Å². The second kappa shape index (κ2) is 8.69. The summed E-state index contributed by atoms with van der Waals surface area (Å²) in [5.74, 6) is 0.135. The number of hydrogen-bond acceptors (Lipinski definition) is 5. The summed E-state index contributed by atoms with van der Waals surface area (Å²) >= 11 is 0. The minimum atomic E-state index is -4.49. The molecule has 9 heteroatoms. The first-order valence-electron chi connectivity index (χ1n) is 9.15. The number of carbonyl (C=O) groups is 1. The Balaban J connectivity index is 1.58. The fraction of sp³-hybridized carbons (Fsp3) is 0.400. The number of halogens is 3. The van der Waals surface area contributed by atoms with E-state index in [0.717, 1.165) is 11.6 Å². The summed E-state index contributed by atoms with van der Waals surface area (Å²) in [6, 6.07) is 8.73. The molecule has 0 spiro atoms. The van der Waals surface area contributed by atoms with E-state index >= 15 is 0 Å². The van der Waals surface area contributed by atoms with Crippen LogP contribution in [0.15, 0.2) is 42.6 Å². The van der Waals surface area contributed by atoms with Gasteiger partial charge in [0.05, 0.1) is 12.2 Å². The predicted octanol–water partition coefficient (Wildman–Crippen LogP) is 2.71. The van der Waals surface area contributed by atoms with Crippen LogP contribution in [-0.4, -0.2) is 53.7 Å². The van der Waals surface area contributed by atoms with Crippen molar-refractivity contribution in [3.63, 3.8) is 0 Å². The maximum atomic E-state index is 13.2. The van der Waals surface area contributed by atoms with Crippen molar-refractivity contribution in [3.05, 3.63) is 53.7 Å². The fourth-order valence-corrected chi connectivity index (χ4v) is 3.28. The number of rotatable bonds is 6. The van der Waals surface area contributed by atoms with Crippen LogP contribution in [0.2, 0.25) is 0 Å². The molecule has 0 saturated carbocycles. The van der Waals surface area contributed by atoms with E-state index in [2.05, 4.69) is 4.98 Å². The maximum Gasteiger partial charge on any atom is 0.419 e. The zero-order chi connectivity index (χ0) is 21.0. The lowest BCUT2D eigenvalue weighted by atomic mass is 10.2. The van der Waals surface area contributed by atoms with Crippen molar-refractivity contribution in [2.45, 2.75) is 25.2 Å². The van der Waals surface area contributed by atoms with E-state index in [1.165, 1.54) is 17.2 Å². The van der Waals surface area contributed by atoms with E-state index in [1.807, 2.05) is 0 Å². The van der Waals surface area contributed by atoms with Crippen molar-refractivity contribution in [1.82, 2.24) is 9.88 Å². The molecule has 1 atom stereocenters. The number of carbonyl (C=O) groups excluding carboxylic acids is 1. The Morgan fingerprint density at radius 3 is 2.69 bits per heavy atom. The highest BCUT2D eigenvalue weighted by Crippen LogP contribution is 2.36. The Labute approximate surface area is 166 Å². The van der Waals surface area contributed by atoms with Gasteiger partial charge in [0.15, 0.2) is 6.61 Å². The van der Waals surface area contributed by atoms with Crippen molar-refractivity contribution in [2.75, 3.05) is 31.6 Å². The number of likely N-dealkylation sites (N-methyl/N-ethyl adjacent to an activating group) is 1. The number of pyridine rings is 1. The van der Waals surface area contributed by atoms with E-state index in [9.17, 15) is 18.0 Å². The number of likely N-dealkylation sites (tertiary alicyclic amines) is 1. The minimum absolute atomic E-state index is 0.0752. The third kappa shape index (κ3) is 4.97. The molecule has 1 unspecified atom stereocenters. The monoisotopic (exact) mass is 409 g/mol. The van der Waals surface area contributed by atoms with Gasteiger partial charge in [-0.25, -0.2) is 4.98 Å². The molecule has 6 nitrogen and oxygen atoms in total. The molecule has 2 heterocycles. The summed E-state index contributed by atoms with van der Waals surface area (Å²) in [6.45, 7) is 0.505. The lowest BCUT2D eigenvalue weighted by molar-refractivity contribution is -0.137. The van der Waals surface area contributed by atoms with E-state index < -0.39 is 11.7 Å². The largest absolute Gasteiger partial charge is 0.484 e. The number of alkyl halides is 3. The summed E-state index contributed by atoms with van der Waals surface area (Å²) in [5, 5.41) is 9.03. The number of aliphatic hydroxyl groups is 1. The zero-order valence-corrected chi connectivity index (χ0v) is 15.9. The lowest BCUT2D eigenvalue weighted by Gasteiger charge is -2.28. The summed E-state index contributed by atoms with van der Waals surface area (Å²) in [6.07, 6.45) is -2.62. The van der Waals surface area contributed by atoms with Crippen LogP contribution in [0.4, 0.5) is 19.0 Å². The van der Waals surface area contributed by atoms with Gasteiger partial charge in [-0.3, -0.25) is 4.79 Å². The molecule has 1 saturated heterocycles. The molecule has 1 aliphatic heterocycles. The summed E-state index contributed by atoms with van der Waals surface area (Å²) in [4.78, 5) is 19.4. The molecule has 1 fully saturated rings. The van der Waals surface area contributed by atoms with Crippen molar-refractivity contribution < 1.29 is 27.8 Å². The van der Waals surface area contributed by atoms with Crippen molar-refractivity contribution >= 4 is 11.7 Å². The number of anilines is 1. The molecule has 156 valence electrons. The van der Waals surface area contributed by atoms with Crippen molar-refractivity contribution in [2.24, 2.45) is 0 Å². The third-order valence-corrected chi connectivity index (χ3v) is 4.96. The summed E-state index contributed by atoms with van der Waals surface area (Å²) in [5.41, 5.74) is -0.0521. The number of aromatic nitrogens is 1. The van der Waals surface area contributed by atoms with Crippen LogP contribution < -0.4 is 9.64 Å². The zero-order valence-electron chi connectivity index (χ0n) is 15.9. The van der Waals surface area contributed by atoms with E-state index in [-0.39, 0.29) is 31.0 Å². The van der Waals surface area contributed by atoms with Gasteiger partial charge in [0.2, 0.25) is 0 Å². The Kier molecular flexibility index (Phi) is 6.26. The lowest BCUT2D eigenvalue weighted by Crippen LogP contribution is -2.39. The van der Waals surface area contributed by atoms with Gasteiger partial charge in [0.1, 0.15) is 11.6 Å². The molecule has 0 bridgehead atoms. The third-order valence-electron chi connectivity index (χ3n) is 4.96. The molecule has 0 aliphatic carbocycles. The normalized spacial score (nSPS) is 16.7. The average molecular weight is 409 g/mol. The average Bonchev–Trinajstić information content (AvgIpc) is 3.21. The van der Waals surface area contributed by atoms with Gasteiger partial charge < -0.3 is 19.6 Å². The van der Waals surface area contributed by atoms with Crippen LogP contribution in [-0.2, 0) is 17.6 Å². The first kappa shape index (κ1) is 20.9. The van der Waals surface area contributed by atoms with Crippen LogP contribution in [0.25, 0.3) is 0 Å². The molecule has 1 aromatic carbocycles. The van der Waals surface area contributed by atoms with Gasteiger partial charge in [-0.05, 0) is 36.2 Å². The molecule has 0 radical (unpaired) electrons. The summed E-state index contributed by atoms with van der Waals surface area (Å²) in [7, 11) is 1.56. The molecular weight excluding hydrogens is 387 g/mol. The molecule has 2 aromatic rings. The van der Waals surface area contributed by atoms with Crippen LogP contribution >= 0.6 is 0 Å². The van der Waals surface area contributed by atoms with E-state index in [0.29, 0.717) is 25.3 Å². The van der Waals surface area contributed by atoms with Crippen LogP contribution in [0.1, 0.15) is 17.5 Å². The van der Waals surface area contributed by atoms with Gasteiger partial charge in [0, 0.05) is 32.4 Å². The quantitative estimate of drug-likeness (QED) is 0.795. The Morgan fingerprint density at radius 2 is 2.03 bits per heavy atom. The van der Waals surface area contributed by atoms with Crippen LogP contribution in [0, 0.1) is 0 Å². The van der Waals surface area contributed by atoms with E-state index in [1.54, 1.807) is 36.2 Å². The molecule has 3 rings (SSSR count). The van der Waals surface area contributed by atoms with Gasteiger partial charge in [-0.15, -0.1) is 0 Å². The standard InChI is InChI=1S/C20H22F3N3O3/c1-25(19-17(20(21,22)23)3-2-9-24-19)15-8-10-26(11-15)18(28)13-29-16-6-4-14(12-27)5-7-16/h2-7,9,15,27H,8,10-13H2,1H3. The number of amides is 1. The number of aliphatic hydroxyl groups excluding tert-OH is 1. The second-order valence-corrected chi connectivity index (χ2v) is 6.86. The molecule has 29 heavy (non-hydrogen) atoms. The minimum Gasteiger partial charge on any atom is -0.484 e. The van der Waals surface area contributed by atoms with Crippen LogP contribution in [0.3, 0.4) is 0 Å². The highest BCUT2D eigenvalue weighted by Gasteiger charge is 2.37. The number of hydrogen-bond donors (Lipinski definition) is 1.